The lowest BCUT2D eigenvalue weighted by Crippen LogP contribution is -2.30. The molecule has 1 atom stereocenters. The SMILES string of the molecule is Cc1ccccc1N1C(=O)C(=O)/C(=C(\O)c2ccccc2)C1c1ccc(N(C)C)cc1. The van der Waals surface area contributed by atoms with Crippen LogP contribution < -0.4 is 9.80 Å². The fourth-order valence-corrected chi connectivity index (χ4v) is 3.94. The summed E-state index contributed by atoms with van der Waals surface area (Å²) in [7, 11) is 3.90. The minimum Gasteiger partial charge on any atom is -0.507 e. The Morgan fingerprint density at radius 3 is 2.10 bits per heavy atom. The third kappa shape index (κ3) is 3.59. The summed E-state index contributed by atoms with van der Waals surface area (Å²) in [5, 5.41) is 11.1. The molecule has 4 rings (SSSR count). The number of aliphatic hydroxyl groups is 1. The van der Waals surface area contributed by atoms with E-state index in [0.29, 0.717) is 11.3 Å². The van der Waals surface area contributed by atoms with Crippen LogP contribution >= 0.6 is 0 Å². The molecule has 0 bridgehead atoms. The summed E-state index contributed by atoms with van der Waals surface area (Å²) in [5.74, 6) is -1.50. The largest absolute Gasteiger partial charge is 0.507 e. The Hall–Kier alpha value is -3.86. The lowest BCUT2D eigenvalue weighted by atomic mass is 9.94. The number of rotatable bonds is 4. The van der Waals surface area contributed by atoms with Gasteiger partial charge in [0.15, 0.2) is 0 Å². The van der Waals surface area contributed by atoms with Crippen molar-refractivity contribution in [1.82, 2.24) is 0 Å². The minimum absolute atomic E-state index is 0.0945. The Balaban J connectivity index is 1.94. The van der Waals surface area contributed by atoms with Gasteiger partial charge in [0.25, 0.3) is 11.7 Å². The summed E-state index contributed by atoms with van der Waals surface area (Å²) in [6.07, 6.45) is 0. The van der Waals surface area contributed by atoms with Crippen molar-refractivity contribution in [2.75, 3.05) is 23.9 Å². The Bertz CT molecular complexity index is 1160. The van der Waals surface area contributed by atoms with Crippen molar-refractivity contribution in [3.8, 4) is 0 Å². The van der Waals surface area contributed by atoms with Gasteiger partial charge in [0.2, 0.25) is 0 Å². The average Bonchev–Trinajstić information content (AvgIpc) is 3.05. The number of hydrogen-bond acceptors (Lipinski definition) is 4. The number of carbonyl (C=O) groups is 2. The fourth-order valence-electron chi connectivity index (χ4n) is 3.94. The second kappa shape index (κ2) is 8.11. The van der Waals surface area contributed by atoms with E-state index < -0.39 is 17.7 Å². The normalized spacial score (nSPS) is 17.8. The highest BCUT2D eigenvalue weighted by molar-refractivity contribution is 6.51. The van der Waals surface area contributed by atoms with Crippen LogP contribution in [0.4, 0.5) is 11.4 Å². The van der Waals surface area contributed by atoms with Gasteiger partial charge in [-0.05, 0) is 36.2 Å². The highest BCUT2D eigenvalue weighted by atomic mass is 16.3. The first kappa shape index (κ1) is 20.4. The summed E-state index contributed by atoms with van der Waals surface area (Å²) in [6, 6.07) is 23.3. The number of aryl methyl sites for hydroxylation is 1. The van der Waals surface area contributed by atoms with Crippen LogP contribution in [-0.2, 0) is 9.59 Å². The van der Waals surface area contributed by atoms with Crippen molar-refractivity contribution in [3.05, 3.63) is 101 Å². The number of para-hydroxylation sites is 1. The van der Waals surface area contributed by atoms with Crippen molar-refractivity contribution in [1.29, 1.82) is 0 Å². The Morgan fingerprint density at radius 2 is 1.48 bits per heavy atom. The van der Waals surface area contributed by atoms with Gasteiger partial charge in [-0.3, -0.25) is 14.5 Å². The summed E-state index contributed by atoms with van der Waals surface area (Å²) >= 11 is 0. The topological polar surface area (TPSA) is 60.9 Å². The van der Waals surface area contributed by atoms with Crippen molar-refractivity contribution in [2.45, 2.75) is 13.0 Å². The molecule has 1 N–H and O–H groups in total. The van der Waals surface area contributed by atoms with Crippen LogP contribution in [0.5, 0.6) is 0 Å². The first-order chi connectivity index (χ1) is 14.9. The average molecular weight is 412 g/mol. The van der Waals surface area contributed by atoms with Gasteiger partial charge in [0.1, 0.15) is 5.76 Å². The molecule has 1 aliphatic rings. The van der Waals surface area contributed by atoms with Gasteiger partial charge in [0.05, 0.1) is 11.6 Å². The summed E-state index contributed by atoms with van der Waals surface area (Å²) in [4.78, 5) is 29.8. The van der Waals surface area contributed by atoms with Crippen molar-refractivity contribution >= 4 is 28.8 Å². The molecule has 0 aromatic heterocycles. The zero-order valence-corrected chi connectivity index (χ0v) is 17.7. The monoisotopic (exact) mass is 412 g/mol. The van der Waals surface area contributed by atoms with Crippen LogP contribution in [0.1, 0.15) is 22.7 Å². The highest BCUT2D eigenvalue weighted by Gasteiger charge is 2.47. The number of nitrogens with zero attached hydrogens (tertiary/aromatic N) is 2. The summed E-state index contributed by atoms with van der Waals surface area (Å²) in [5.41, 5.74) is 3.87. The lowest BCUT2D eigenvalue weighted by Gasteiger charge is -2.27. The number of aliphatic hydroxyl groups excluding tert-OH is 1. The number of amides is 1. The van der Waals surface area contributed by atoms with Gasteiger partial charge < -0.3 is 10.0 Å². The van der Waals surface area contributed by atoms with Gasteiger partial charge >= 0.3 is 0 Å². The predicted octanol–water partition coefficient (Wildman–Crippen LogP) is 4.69. The molecule has 5 nitrogen and oxygen atoms in total. The van der Waals surface area contributed by atoms with Gasteiger partial charge in [-0.1, -0.05) is 60.7 Å². The minimum atomic E-state index is -0.725. The smallest absolute Gasteiger partial charge is 0.300 e. The molecular formula is C26H24N2O3. The predicted molar refractivity (Wildman–Crippen MR) is 123 cm³/mol. The van der Waals surface area contributed by atoms with Crippen molar-refractivity contribution in [3.63, 3.8) is 0 Å². The maximum absolute atomic E-state index is 13.2. The number of carbonyl (C=O) groups excluding carboxylic acids is 2. The van der Waals surface area contributed by atoms with E-state index in [0.717, 1.165) is 16.8 Å². The van der Waals surface area contributed by atoms with Crippen LogP contribution in [0, 0.1) is 6.92 Å². The lowest BCUT2D eigenvalue weighted by molar-refractivity contribution is -0.132. The van der Waals surface area contributed by atoms with Gasteiger partial charge in [-0.15, -0.1) is 0 Å². The maximum atomic E-state index is 13.2. The molecule has 1 saturated heterocycles. The summed E-state index contributed by atoms with van der Waals surface area (Å²) in [6.45, 7) is 1.90. The van der Waals surface area contributed by atoms with Crippen LogP contribution in [0.15, 0.2) is 84.4 Å². The third-order valence-electron chi connectivity index (χ3n) is 5.59. The van der Waals surface area contributed by atoms with E-state index in [1.54, 1.807) is 24.3 Å². The molecule has 156 valence electrons. The molecule has 1 aliphatic heterocycles. The van der Waals surface area contributed by atoms with E-state index in [4.69, 9.17) is 0 Å². The molecule has 3 aromatic carbocycles. The molecule has 0 spiro atoms. The van der Waals surface area contributed by atoms with Crippen molar-refractivity contribution < 1.29 is 14.7 Å². The number of Topliss-reactive ketones (excluding diaryl/α,β-unsaturated/α-hetero) is 1. The van der Waals surface area contributed by atoms with E-state index in [1.165, 1.54) is 4.90 Å². The first-order valence-corrected chi connectivity index (χ1v) is 10.1. The molecule has 0 aliphatic carbocycles. The summed E-state index contributed by atoms with van der Waals surface area (Å²) < 4.78 is 0. The molecule has 1 amide bonds. The molecular weight excluding hydrogens is 388 g/mol. The molecule has 3 aromatic rings. The molecule has 0 saturated carbocycles. The number of ketones is 1. The number of benzene rings is 3. The van der Waals surface area contributed by atoms with Gasteiger partial charge in [-0.25, -0.2) is 0 Å². The standard InChI is InChI=1S/C26H24N2O3/c1-17-9-7-8-12-21(17)28-23(18-13-15-20(16-14-18)27(2)3)22(25(30)26(28)31)24(29)19-10-5-4-6-11-19/h4-16,23,29H,1-3H3/b24-22-. The van der Waals surface area contributed by atoms with E-state index in [1.807, 2.05) is 80.5 Å². The Labute approximate surface area is 181 Å². The highest BCUT2D eigenvalue weighted by Crippen LogP contribution is 2.43. The van der Waals surface area contributed by atoms with Gasteiger partial charge in [-0.2, -0.15) is 0 Å². The number of anilines is 2. The van der Waals surface area contributed by atoms with Crippen LogP contribution in [0.25, 0.3) is 5.76 Å². The van der Waals surface area contributed by atoms with Gasteiger partial charge in [0, 0.05) is 31.0 Å². The Kier molecular flexibility index (Phi) is 5.34. The first-order valence-electron chi connectivity index (χ1n) is 10.1. The quantitative estimate of drug-likeness (QED) is 0.384. The second-order valence-corrected chi connectivity index (χ2v) is 7.81. The van der Waals surface area contributed by atoms with E-state index in [9.17, 15) is 14.7 Å². The zero-order valence-electron chi connectivity index (χ0n) is 17.7. The molecule has 31 heavy (non-hydrogen) atoms. The van der Waals surface area contributed by atoms with E-state index in [2.05, 4.69) is 0 Å². The maximum Gasteiger partial charge on any atom is 0.300 e. The van der Waals surface area contributed by atoms with Crippen LogP contribution in [0.2, 0.25) is 0 Å². The molecule has 1 fully saturated rings. The Morgan fingerprint density at radius 1 is 0.871 bits per heavy atom. The number of hydrogen-bond donors (Lipinski definition) is 1. The van der Waals surface area contributed by atoms with Crippen LogP contribution in [0.3, 0.4) is 0 Å². The zero-order chi connectivity index (χ0) is 22.1. The molecule has 1 unspecified atom stereocenters. The van der Waals surface area contributed by atoms with Crippen LogP contribution in [-0.4, -0.2) is 30.9 Å². The molecule has 1 heterocycles. The molecule has 5 heteroatoms. The molecule has 0 radical (unpaired) electrons. The fraction of sp³-hybridized carbons (Fsp3) is 0.154. The second-order valence-electron chi connectivity index (χ2n) is 7.81. The van der Waals surface area contributed by atoms with Crippen molar-refractivity contribution in [2.24, 2.45) is 0 Å². The van der Waals surface area contributed by atoms with E-state index >= 15 is 0 Å². The van der Waals surface area contributed by atoms with E-state index in [-0.39, 0.29) is 11.3 Å². The third-order valence-corrected chi connectivity index (χ3v) is 5.59.